The summed E-state index contributed by atoms with van der Waals surface area (Å²) < 4.78 is 11.5. The summed E-state index contributed by atoms with van der Waals surface area (Å²) in [5.74, 6) is 0.408. The maximum Gasteiger partial charge on any atom is 0.157 e. The minimum absolute atomic E-state index is 0.00575. The van der Waals surface area contributed by atoms with Crippen LogP contribution < -0.4 is 0 Å². The molecule has 0 radical (unpaired) electrons. The van der Waals surface area contributed by atoms with Gasteiger partial charge in [-0.25, -0.2) is 0 Å². The van der Waals surface area contributed by atoms with Crippen LogP contribution in [0.15, 0.2) is 24.8 Å². The molecule has 17 heavy (non-hydrogen) atoms. The standard InChI is InChI=1S/C15H24O2/c1-4-15(8-9-15)13(12(2)3)11-17-14-7-5-6-10-16-14/h4,13-14H,1-2,5-11H2,3H3. The van der Waals surface area contributed by atoms with Crippen molar-refractivity contribution in [1.29, 1.82) is 0 Å². The highest BCUT2D eigenvalue weighted by atomic mass is 16.7. The predicted octanol–water partition coefficient (Wildman–Crippen LogP) is 3.69. The van der Waals surface area contributed by atoms with Gasteiger partial charge in [0.15, 0.2) is 6.29 Å². The summed E-state index contributed by atoms with van der Waals surface area (Å²) in [5.41, 5.74) is 1.47. The Bertz CT molecular complexity index is 285. The minimum atomic E-state index is 0.00575. The van der Waals surface area contributed by atoms with E-state index >= 15 is 0 Å². The second-order valence-electron chi connectivity index (χ2n) is 5.47. The zero-order valence-corrected chi connectivity index (χ0v) is 10.9. The fraction of sp³-hybridized carbons (Fsp3) is 0.733. The van der Waals surface area contributed by atoms with Gasteiger partial charge in [0.1, 0.15) is 0 Å². The van der Waals surface area contributed by atoms with Crippen molar-refractivity contribution in [2.24, 2.45) is 11.3 Å². The van der Waals surface area contributed by atoms with Crippen molar-refractivity contribution in [2.75, 3.05) is 13.2 Å². The molecule has 2 aliphatic rings. The molecule has 0 bridgehead atoms. The van der Waals surface area contributed by atoms with Crippen LogP contribution in [0.25, 0.3) is 0 Å². The first-order chi connectivity index (χ1) is 8.18. The number of hydrogen-bond acceptors (Lipinski definition) is 2. The molecule has 2 unspecified atom stereocenters. The van der Waals surface area contributed by atoms with Crippen LogP contribution in [0, 0.1) is 11.3 Å². The van der Waals surface area contributed by atoms with Gasteiger partial charge in [-0.05, 0) is 44.4 Å². The summed E-state index contributed by atoms with van der Waals surface area (Å²) in [6, 6.07) is 0. The van der Waals surface area contributed by atoms with Crippen molar-refractivity contribution in [3.63, 3.8) is 0 Å². The van der Waals surface area contributed by atoms with E-state index in [2.05, 4.69) is 26.2 Å². The molecule has 2 nitrogen and oxygen atoms in total. The molecule has 1 aliphatic carbocycles. The van der Waals surface area contributed by atoms with Crippen molar-refractivity contribution < 1.29 is 9.47 Å². The SMILES string of the molecule is C=CC1(C(COC2CCCCO2)C(=C)C)CC1. The summed E-state index contributed by atoms with van der Waals surface area (Å²) in [7, 11) is 0. The number of rotatable bonds is 6. The Morgan fingerprint density at radius 3 is 2.76 bits per heavy atom. The molecule has 2 rings (SSSR count). The zero-order valence-electron chi connectivity index (χ0n) is 10.9. The summed E-state index contributed by atoms with van der Waals surface area (Å²) in [6.45, 7) is 11.7. The van der Waals surface area contributed by atoms with Crippen LogP contribution in [0.3, 0.4) is 0 Å². The maximum absolute atomic E-state index is 5.90. The highest BCUT2D eigenvalue weighted by Crippen LogP contribution is 2.55. The minimum Gasteiger partial charge on any atom is -0.353 e. The average Bonchev–Trinajstić information content (AvgIpc) is 3.11. The van der Waals surface area contributed by atoms with Gasteiger partial charge in [0, 0.05) is 12.5 Å². The molecular weight excluding hydrogens is 212 g/mol. The lowest BCUT2D eigenvalue weighted by molar-refractivity contribution is -0.169. The molecule has 1 heterocycles. The van der Waals surface area contributed by atoms with Crippen molar-refractivity contribution in [1.82, 2.24) is 0 Å². The van der Waals surface area contributed by atoms with E-state index in [1.807, 2.05) is 0 Å². The molecule has 2 atom stereocenters. The van der Waals surface area contributed by atoms with Crippen LogP contribution in [-0.2, 0) is 9.47 Å². The first-order valence-electron chi connectivity index (χ1n) is 6.70. The quantitative estimate of drug-likeness (QED) is 0.655. The van der Waals surface area contributed by atoms with Crippen molar-refractivity contribution in [3.8, 4) is 0 Å². The topological polar surface area (TPSA) is 18.5 Å². The van der Waals surface area contributed by atoms with Gasteiger partial charge in [-0.15, -0.1) is 6.58 Å². The third-order valence-electron chi connectivity index (χ3n) is 4.11. The van der Waals surface area contributed by atoms with Crippen molar-refractivity contribution in [2.45, 2.75) is 45.3 Å². The van der Waals surface area contributed by atoms with Crippen LogP contribution in [0.2, 0.25) is 0 Å². The molecule has 0 aromatic heterocycles. The van der Waals surface area contributed by atoms with Crippen LogP contribution in [0.4, 0.5) is 0 Å². The largest absolute Gasteiger partial charge is 0.353 e. The normalized spacial score (nSPS) is 28.4. The second-order valence-corrected chi connectivity index (χ2v) is 5.47. The van der Waals surface area contributed by atoms with Gasteiger partial charge in [0.2, 0.25) is 0 Å². The van der Waals surface area contributed by atoms with Gasteiger partial charge in [0.05, 0.1) is 6.61 Å². The lowest BCUT2D eigenvalue weighted by atomic mass is 9.85. The Kier molecular flexibility index (Phi) is 4.05. The zero-order chi connectivity index (χ0) is 12.3. The Labute approximate surface area is 105 Å². The smallest absolute Gasteiger partial charge is 0.157 e. The molecule has 2 heteroatoms. The second kappa shape index (κ2) is 5.36. The van der Waals surface area contributed by atoms with Gasteiger partial charge >= 0.3 is 0 Å². The average molecular weight is 236 g/mol. The maximum atomic E-state index is 5.90. The van der Waals surface area contributed by atoms with E-state index < -0.39 is 0 Å². The van der Waals surface area contributed by atoms with Gasteiger partial charge < -0.3 is 9.47 Å². The van der Waals surface area contributed by atoms with E-state index in [1.54, 1.807) is 0 Å². The Hall–Kier alpha value is -0.600. The summed E-state index contributed by atoms with van der Waals surface area (Å²) in [4.78, 5) is 0. The van der Waals surface area contributed by atoms with E-state index in [4.69, 9.17) is 9.47 Å². The van der Waals surface area contributed by atoms with E-state index in [0.717, 1.165) is 19.6 Å². The van der Waals surface area contributed by atoms with Crippen molar-refractivity contribution in [3.05, 3.63) is 24.8 Å². The van der Waals surface area contributed by atoms with E-state index in [9.17, 15) is 0 Å². The molecule has 0 N–H and O–H groups in total. The highest BCUT2D eigenvalue weighted by molar-refractivity contribution is 5.18. The third kappa shape index (κ3) is 2.99. The van der Waals surface area contributed by atoms with Gasteiger partial charge in [0.25, 0.3) is 0 Å². The monoisotopic (exact) mass is 236 g/mol. The molecule has 0 amide bonds. The van der Waals surface area contributed by atoms with Gasteiger partial charge in [-0.2, -0.15) is 0 Å². The van der Waals surface area contributed by atoms with Crippen LogP contribution in [0.1, 0.15) is 39.0 Å². The van der Waals surface area contributed by atoms with E-state index in [-0.39, 0.29) is 11.7 Å². The molecule has 2 fully saturated rings. The molecule has 1 saturated heterocycles. The Balaban J connectivity index is 1.85. The van der Waals surface area contributed by atoms with Gasteiger partial charge in [-0.3, -0.25) is 0 Å². The Morgan fingerprint density at radius 2 is 2.29 bits per heavy atom. The Morgan fingerprint density at radius 1 is 1.53 bits per heavy atom. The molecule has 0 spiro atoms. The van der Waals surface area contributed by atoms with E-state index in [0.29, 0.717) is 5.92 Å². The molecular formula is C15H24O2. The fourth-order valence-electron chi connectivity index (χ4n) is 2.68. The molecule has 96 valence electrons. The first kappa shape index (κ1) is 12.8. The van der Waals surface area contributed by atoms with E-state index in [1.165, 1.54) is 31.3 Å². The van der Waals surface area contributed by atoms with Crippen LogP contribution in [0.5, 0.6) is 0 Å². The van der Waals surface area contributed by atoms with Crippen LogP contribution in [-0.4, -0.2) is 19.5 Å². The third-order valence-corrected chi connectivity index (χ3v) is 4.11. The lowest BCUT2D eigenvalue weighted by Gasteiger charge is -2.29. The molecule has 1 saturated carbocycles. The first-order valence-corrected chi connectivity index (χ1v) is 6.70. The molecule has 1 aliphatic heterocycles. The molecule has 0 aromatic carbocycles. The summed E-state index contributed by atoms with van der Waals surface area (Å²) in [6.07, 6.45) is 7.97. The van der Waals surface area contributed by atoms with Gasteiger partial charge in [-0.1, -0.05) is 18.2 Å². The number of ether oxygens (including phenoxy) is 2. The van der Waals surface area contributed by atoms with Crippen LogP contribution >= 0.6 is 0 Å². The lowest BCUT2D eigenvalue weighted by Crippen LogP contribution is -2.28. The summed E-state index contributed by atoms with van der Waals surface area (Å²) in [5, 5.41) is 0. The highest BCUT2D eigenvalue weighted by Gasteiger charge is 2.47. The predicted molar refractivity (Wildman–Crippen MR) is 69.7 cm³/mol. The summed E-state index contributed by atoms with van der Waals surface area (Å²) >= 11 is 0. The van der Waals surface area contributed by atoms with Crippen molar-refractivity contribution >= 4 is 0 Å². The fourth-order valence-corrected chi connectivity index (χ4v) is 2.68. The molecule has 0 aromatic rings. The number of allylic oxidation sites excluding steroid dienone is 1. The number of hydrogen-bond donors (Lipinski definition) is 0.